The van der Waals surface area contributed by atoms with Crippen LogP contribution >= 0.6 is 11.6 Å². The standard InChI is InChI=1S/C21H21ClFNO4/c22-15-4-6-17(7-5-15)28-13-20-8-10-21(11-9-20,24(20)19(26)27)18(25)14-2-1-3-16(23)12-14/h1-7,12,18,25H,8-11,13H2,(H,26,27). The Labute approximate surface area is 167 Å². The summed E-state index contributed by atoms with van der Waals surface area (Å²) >= 11 is 5.89. The van der Waals surface area contributed by atoms with Gasteiger partial charge in [0.25, 0.3) is 0 Å². The Morgan fingerprint density at radius 2 is 1.86 bits per heavy atom. The number of hydrogen-bond acceptors (Lipinski definition) is 3. The zero-order chi connectivity index (χ0) is 19.9. The minimum Gasteiger partial charge on any atom is -0.491 e. The lowest BCUT2D eigenvalue weighted by molar-refractivity contribution is -0.0112. The Bertz CT molecular complexity index is 880. The average Bonchev–Trinajstić information content (AvgIpc) is 3.19. The first-order valence-electron chi connectivity index (χ1n) is 9.22. The van der Waals surface area contributed by atoms with E-state index in [-0.39, 0.29) is 6.61 Å². The number of ether oxygens (including phenoxy) is 1. The van der Waals surface area contributed by atoms with Crippen molar-refractivity contribution in [2.75, 3.05) is 6.61 Å². The maximum atomic E-state index is 13.7. The predicted octanol–water partition coefficient (Wildman–Crippen LogP) is 4.64. The average molecular weight is 406 g/mol. The van der Waals surface area contributed by atoms with Crippen LogP contribution in [-0.4, -0.2) is 38.9 Å². The van der Waals surface area contributed by atoms with Crippen LogP contribution in [0.15, 0.2) is 48.5 Å². The third-order valence-corrected chi connectivity index (χ3v) is 6.40. The molecule has 28 heavy (non-hydrogen) atoms. The van der Waals surface area contributed by atoms with Gasteiger partial charge < -0.3 is 14.9 Å². The van der Waals surface area contributed by atoms with Gasteiger partial charge in [0, 0.05) is 5.02 Å². The highest BCUT2D eigenvalue weighted by molar-refractivity contribution is 6.30. The van der Waals surface area contributed by atoms with E-state index >= 15 is 0 Å². The van der Waals surface area contributed by atoms with Crippen molar-refractivity contribution in [2.45, 2.75) is 42.9 Å². The highest BCUT2D eigenvalue weighted by Gasteiger charge is 2.66. The van der Waals surface area contributed by atoms with Crippen molar-refractivity contribution >= 4 is 17.7 Å². The Morgan fingerprint density at radius 3 is 2.46 bits per heavy atom. The van der Waals surface area contributed by atoms with Crippen molar-refractivity contribution < 1.29 is 24.1 Å². The van der Waals surface area contributed by atoms with E-state index in [4.69, 9.17) is 16.3 Å². The van der Waals surface area contributed by atoms with Crippen molar-refractivity contribution in [2.24, 2.45) is 0 Å². The minimum absolute atomic E-state index is 0.193. The van der Waals surface area contributed by atoms with Crippen LogP contribution in [0.3, 0.4) is 0 Å². The van der Waals surface area contributed by atoms with Gasteiger partial charge in [-0.05, 0) is 67.6 Å². The molecule has 5 nitrogen and oxygen atoms in total. The van der Waals surface area contributed by atoms with E-state index in [0.29, 0.717) is 42.0 Å². The van der Waals surface area contributed by atoms with Crippen molar-refractivity contribution in [1.82, 2.24) is 4.90 Å². The molecule has 1 atom stereocenters. The van der Waals surface area contributed by atoms with Crippen LogP contribution in [0.25, 0.3) is 0 Å². The highest BCUT2D eigenvalue weighted by Crippen LogP contribution is 2.58. The first kappa shape index (κ1) is 19.0. The van der Waals surface area contributed by atoms with E-state index in [0.717, 1.165) is 0 Å². The topological polar surface area (TPSA) is 70.0 Å². The molecule has 2 saturated heterocycles. The van der Waals surface area contributed by atoms with Crippen molar-refractivity contribution in [3.05, 3.63) is 64.9 Å². The molecule has 2 N–H and O–H groups in total. The summed E-state index contributed by atoms with van der Waals surface area (Å²) in [7, 11) is 0. The molecular weight excluding hydrogens is 385 g/mol. The molecule has 2 aliphatic heterocycles. The highest BCUT2D eigenvalue weighted by atomic mass is 35.5. The predicted molar refractivity (Wildman–Crippen MR) is 102 cm³/mol. The number of benzene rings is 2. The summed E-state index contributed by atoms with van der Waals surface area (Å²) < 4.78 is 19.5. The summed E-state index contributed by atoms with van der Waals surface area (Å²) in [5, 5.41) is 21.6. The van der Waals surface area contributed by atoms with E-state index in [1.807, 2.05) is 0 Å². The number of aliphatic hydroxyl groups excluding tert-OH is 1. The SMILES string of the molecule is O=C(O)N1C2(COc3ccc(Cl)cc3)CCC1(C(O)c1cccc(F)c1)CC2. The molecule has 0 saturated carbocycles. The van der Waals surface area contributed by atoms with Crippen molar-refractivity contribution in [1.29, 1.82) is 0 Å². The van der Waals surface area contributed by atoms with Gasteiger partial charge in [0.1, 0.15) is 24.3 Å². The van der Waals surface area contributed by atoms with Crippen LogP contribution in [-0.2, 0) is 0 Å². The van der Waals surface area contributed by atoms with Gasteiger partial charge in [-0.2, -0.15) is 0 Å². The molecule has 2 heterocycles. The number of carboxylic acid groups (broad SMARTS) is 1. The number of aliphatic hydroxyl groups is 1. The molecule has 2 aromatic rings. The summed E-state index contributed by atoms with van der Waals surface area (Å²) in [6, 6.07) is 12.6. The van der Waals surface area contributed by atoms with Gasteiger partial charge in [-0.1, -0.05) is 23.7 Å². The van der Waals surface area contributed by atoms with Crippen LogP contribution in [0.5, 0.6) is 5.75 Å². The van der Waals surface area contributed by atoms with Gasteiger partial charge in [-0.3, -0.25) is 4.90 Å². The molecule has 148 valence electrons. The fourth-order valence-electron chi connectivity index (χ4n) is 4.80. The second-order valence-electron chi connectivity index (χ2n) is 7.65. The molecule has 0 spiro atoms. The molecule has 2 bridgehead atoms. The largest absolute Gasteiger partial charge is 0.491 e. The normalized spacial score (nSPS) is 27.0. The van der Waals surface area contributed by atoms with Crippen molar-refractivity contribution in [3.63, 3.8) is 0 Å². The number of amides is 1. The summed E-state index contributed by atoms with van der Waals surface area (Å²) in [6.45, 7) is 0.193. The molecule has 2 aliphatic rings. The first-order valence-corrected chi connectivity index (χ1v) is 9.59. The van der Waals surface area contributed by atoms with Gasteiger partial charge >= 0.3 is 6.09 Å². The molecule has 0 aliphatic carbocycles. The molecule has 2 aromatic carbocycles. The van der Waals surface area contributed by atoms with Crippen LogP contribution < -0.4 is 4.74 Å². The first-order chi connectivity index (χ1) is 13.4. The Kier molecular flexibility index (Phi) is 4.71. The van der Waals surface area contributed by atoms with Gasteiger partial charge in [-0.25, -0.2) is 9.18 Å². The number of rotatable bonds is 5. The summed E-state index contributed by atoms with van der Waals surface area (Å²) in [4.78, 5) is 13.6. The zero-order valence-corrected chi connectivity index (χ0v) is 15.9. The third kappa shape index (κ3) is 3.01. The quantitative estimate of drug-likeness (QED) is 0.760. The lowest BCUT2D eigenvalue weighted by atomic mass is 9.77. The van der Waals surface area contributed by atoms with Gasteiger partial charge in [0.2, 0.25) is 0 Å². The second kappa shape index (κ2) is 6.94. The van der Waals surface area contributed by atoms with Crippen LogP contribution in [0.4, 0.5) is 9.18 Å². The van der Waals surface area contributed by atoms with Crippen molar-refractivity contribution in [3.8, 4) is 5.75 Å². The molecule has 4 rings (SSSR count). The molecule has 1 unspecified atom stereocenters. The van der Waals surface area contributed by atoms with Crippen LogP contribution in [0.2, 0.25) is 5.02 Å². The molecule has 0 aromatic heterocycles. The molecule has 7 heteroatoms. The summed E-state index contributed by atoms with van der Waals surface area (Å²) in [5.74, 6) is 0.155. The number of halogens is 2. The summed E-state index contributed by atoms with van der Waals surface area (Å²) in [6.07, 6.45) is -0.0233. The number of nitrogens with zero attached hydrogens (tertiary/aromatic N) is 1. The Hall–Kier alpha value is -2.31. The fourth-order valence-corrected chi connectivity index (χ4v) is 4.93. The molecular formula is C21H21ClFNO4. The third-order valence-electron chi connectivity index (χ3n) is 6.15. The summed E-state index contributed by atoms with van der Waals surface area (Å²) in [5.41, 5.74) is -1.29. The maximum absolute atomic E-state index is 13.7. The molecule has 2 fully saturated rings. The number of carbonyl (C=O) groups is 1. The van der Waals surface area contributed by atoms with E-state index in [9.17, 15) is 19.4 Å². The lowest BCUT2D eigenvalue weighted by Crippen LogP contribution is -2.54. The minimum atomic E-state index is -1.10. The maximum Gasteiger partial charge on any atom is 0.408 e. The Balaban J connectivity index is 1.61. The van der Waals surface area contributed by atoms with E-state index in [2.05, 4.69) is 0 Å². The lowest BCUT2D eigenvalue weighted by Gasteiger charge is -2.40. The molecule has 1 amide bonds. The second-order valence-corrected chi connectivity index (χ2v) is 8.08. The van der Waals surface area contributed by atoms with Gasteiger partial charge in [-0.15, -0.1) is 0 Å². The van der Waals surface area contributed by atoms with Gasteiger partial charge in [0.15, 0.2) is 0 Å². The van der Waals surface area contributed by atoms with Crippen LogP contribution in [0.1, 0.15) is 37.4 Å². The molecule has 0 radical (unpaired) electrons. The van der Waals surface area contributed by atoms with Crippen LogP contribution in [0, 0.1) is 5.82 Å². The van der Waals surface area contributed by atoms with Gasteiger partial charge in [0.05, 0.1) is 11.1 Å². The Morgan fingerprint density at radius 1 is 1.18 bits per heavy atom. The fraction of sp³-hybridized carbons (Fsp3) is 0.381. The van der Waals surface area contributed by atoms with E-state index in [1.54, 1.807) is 30.3 Å². The monoisotopic (exact) mass is 405 g/mol. The number of fused-ring (bicyclic) bond motifs is 2. The van der Waals surface area contributed by atoms with E-state index < -0.39 is 29.1 Å². The van der Waals surface area contributed by atoms with E-state index in [1.165, 1.54) is 23.1 Å². The zero-order valence-electron chi connectivity index (χ0n) is 15.1. The number of hydrogen-bond donors (Lipinski definition) is 2. The smallest absolute Gasteiger partial charge is 0.408 e.